The van der Waals surface area contributed by atoms with Crippen molar-refractivity contribution < 1.29 is 22.4 Å². The second kappa shape index (κ2) is 12.0. The van der Waals surface area contributed by atoms with Crippen LogP contribution in [0.25, 0.3) is 0 Å². The monoisotopic (exact) mass is 531 g/mol. The van der Waals surface area contributed by atoms with Crippen LogP contribution < -0.4 is 9.62 Å². The molecule has 0 radical (unpaired) electrons. The molecule has 3 aromatic carbocycles. The number of benzene rings is 3. The van der Waals surface area contributed by atoms with E-state index in [2.05, 4.69) is 5.32 Å². The van der Waals surface area contributed by atoms with E-state index in [0.717, 1.165) is 16.1 Å². The molecule has 1 atom stereocenters. The van der Waals surface area contributed by atoms with Crippen LogP contribution in [0.5, 0.6) is 0 Å². The summed E-state index contributed by atoms with van der Waals surface area (Å²) >= 11 is 6.24. The number of para-hydroxylation sites is 1. The first-order chi connectivity index (χ1) is 17.1. The molecule has 0 saturated heterocycles. The largest absolute Gasteiger partial charge is 0.357 e. The average Bonchev–Trinajstić information content (AvgIpc) is 2.85. The second-order valence-corrected chi connectivity index (χ2v) is 10.5. The number of rotatable bonds is 10. The Morgan fingerprint density at radius 2 is 1.58 bits per heavy atom. The highest BCUT2D eigenvalue weighted by Crippen LogP contribution is 2.27. The molecule has 0 aromatic heterocycles. The van der Waals surface area contributed by atoms with Gasteiger partial charge in [-0.2, -0.15) is 0 Å². The fraction of sp³-hybridized carbons (Fsp3) is 0.231. The first kappa shape index (κ1) is 27.2. The minimum absolute atomic E-state index is 0.125. The first-order valence-corrected chi connectivity index (χ1v) is 13.3. The molecule has 1 N–H and O–H groups in total. The van der Waals surface area contributed by atoms with Gasteiger partial charge in [0.25, 0.3) is 0 Å². The SMILES string of the molecule is CNC(=O)C(Cc1ccccc1)N(Cc1ccccc1F)C(=O)CN(c1ccccc1Cl)S(C)(=O)=O. The molecule has 0 aliphatic heterocycles. The lowest BCUT2D eigenvalue weighted by atomic mass is 10.0. The van der Waals surface area contributed by atoms with Crippen molar-refractivity contribution in [2.75, 3.05) is 24.2 Å². The standard InChI is InChI=1S/C26H27ClFN3O4S/c1-29-26(33)24(16-19-10-4-3-5-11-19)30(17-20-12-6-8-14-22(20)28)25(32)18-31(36(2,34)35)23-15-9-7-13-21(23)27/h3-15,24H,16-18H2,1-2H3,(H,29,33). The quantitative estimate of drug-likeness (QED) is 0.433. The van der Waals surface area contributed by atoms with Gasteiger partial charge in [0.1, 0.15) is 18.4 Å². The summed E-state index contributed by atoms with van der Waals surface area (Å²) in [6.45, 7) is -0.865. The number of nitrogens with one attached hydrogen (secondary N) is 1. The topological polar surface area (TPSA) is 86.8 Å². The molecule has 36 heavy (non-hydrogen) atoms. The van der Waals surface area contributed by atoms with Crippen LogP contribution in [0.2, 0.25) is 5.02 Å². The third-order valence-electron chi connectivity index (χ3n) is 5.62. The van der Waals surface area contributed by atoms with Gasteiger partial charge in [-0.05, 0) is 23.8 Å². The van der Waals surface area contributed by atoms with Crippen molar-refractivity contribution >= 4 is 39.1 Å². The molecule has 10 heteroatoms. The van der Waals surface area contributed by atoms with Crippen LogP contribution in [0.4, 0.5) is 10.1 Å². The summed E-state index contributed by atoms with van der Waals surface area (Å²) in [4.78, 5) is 27.9. The number of nitrogens with zero attached hydrogens (tertiary/aromatic N) is 2. The molecule has 3 rings (SSSR count). The smallest absolute Gasteiger partial charge is 0.244 e. The molecule has 0 saturated carbocycles. The molecule has 0 aliphatic rings. The Morgan fingerprint density at radius 1 is 0.972 bits per heavy atom. The van der Waals surface area contributed by atoms with Crippen molar-refractivity contribution in [3.05, 3.63) is 101 Å². The van der Waals surface area contributed by atoms with Gasteiger partial charge in [-0.1, -0.05) is 72.3 Å². The number of anilines is 1. The Bertz CT molecular complexity index is 1320. The van der Waals surface area contributed by atoms with E-state index < -0.39 is 40.2 Å². The maximum Gasteiger partial charge on any atom is 0.244 e. The Balaban J connectivity index is 2.05. The summed E-state index contributed by atoms with van der Waals surface area (Å²) in [6.07, 6.45) is 1.11. The molecule has 1 unspecified atom stereocenters. The molecule has 3 aromatic rings. The number of likely N-dealkylation sites (N-methyl/N-ethyl adjacent to an activating group) is 1. The third kappa shape index (κ3) is 6.83. The number of sulfonamides is 1. The normalized spacial score (nSPS) is 12.0. The van der Waals surface area contributed by atoms with Crippen molar-refractivity contribution in [3.63, 3.8) is 0 Å². The Labute approximate surface area is 215 Å². The minimum atomic E-state index is -3.93. The summed E-state index contributed by atoms with van der Waals surface area (Å²) < 4.78 is 40.8. The van der Waals surface area contributed by atoms with E-state index in [4.69, 9.17) is 11.6 Å². The zero-order chi connectivity index (χ0) is 26.3. The highest BCUT2D eigenvalue weighted by Gasteiger charge is 2.33. The van der Waals surface area contributed by atoms with E-state index in [1.54, 1.807) is 18.2 Å². The van der Waals surface area contributed by atoms with Gasteiger partial charge in [-0.25, -0.2) is 12.8 Å². The Hall–Kier alpha value is -3.43. The summed E-state index contributed by atoms with van der Waals surface area (Å²) in [5, 5.41) is 2.71. The maximum atomic E-state index is 14.6. The van der Waals surface area contributed by atoms with Gasteiger partial charge in [0, 0.05) is 25.6 Å². The number of hydrogen-bond acceptors (Lipinski definition) is 4. The van der Waals surface area contributed by atoms with E-state index in [1.165, 1.54) is 42.3 Å². The number of amides is 2. The summed E-state index contributed by atoms with van der Waals surface area (Å²) in [6, 6.07) is 20.2. The first-order valence-electron chi connectivity index (χ1n) is 11.1. The Morgan fingerprint density at radius 3 is 2.19 bits per heavy atom. The van der Waals surface area contributed by atoms with Gasteiger partial charge in [0.15, 0.2) is 0 Å². The van der Waals surface area contributed by atoms with Crippen LogP contribution in [0.1, 0.15) is 11.1 Å². The van der Waals surface area contributed by atoms with Gasteiger partial charge < -0.3 is 10.2 Å². The van der Waals surface area contributed by atoms with E-state index in [0.29, 0.717) is 0 Å². The van der Waals surface area contributed by atoms with Crippen molar-refractivity contribution in [2.24, 2.45) is 0 Å². The molecule has 190 valence electrons. The molecule has 2 amide bonds. The summed E-state index contributed by atoms with van der Waals surface area (Å²) in [5.41, 5.74) is 1.10. The van der Waals surface area contributed by atoms with Crippen molar-refractivity contribution in [2.45, 2.75) is 19.0 Å². The van der Waals surface area contributed by atoms with Crippen LogP contribution in [-0.2, 0) is 32.6 Å². The number of carbonyl (C=O) groups excluding carboxylic acids is 2. The van der Waals surface area contributed by atoms with Crippen LogP contribution in [0.3, 0.4) is 0 Å². The molecule has 0 fully saturated rings. The van der Waals surface area contributed by atoms with Gasteiger partial charge in [0.2, 0.25) is 21.8 Å². The molecule has 7 nitrogen and oxygen atoms in total. The minimum Gasteiger partial charge on any atom is -0.357 e. The van der Waals surface area contributed by atoms with Crippen LogP contribution in [0, 0.1) is 5.82 Å². The fourth-order valence-electron chi connectivity index (χ4n) is 3.78. The highest BCUT2D eigenvalue weighted by atomic mass is 35.5. The van der Waals surface area contributed by atoms with Gasteiger partial charge >= 0.3 is 0 Å². The van der Waals surface area contributed by atoms with E-state index in [9.17, 15) is 22.4 Å². The van der Waals surface area contributed by atoms with Crippen molar-refractivity contribution in [1.29, 1.82) is 0 Å². The van der Waals surface area contributed by atoms with Gasteiger partial charge in [-0.15, -0.1) is 0 Å². The fourth-order valence-corrected chi connectivity index (χ4v) is 4.93. The molecule has 0 spiro atoms. The summed E-state index contributed by atoms with van der Waals surface area (Å²) in [7, 11) is -2.49. The predicted molar refractivity (Wildman–Crippen MR) is 139 cm³/mol. The summed E-state index contributed by atoms with van der Waals surface area (Å²) in [5.74, 6) is -1.70. The zero-order valence-corrected chi connectivity index (χ0v) is 21.5. The molecule has 0 aliphatic carbocycles. The van der Waals surface area contributed by atoms with Crippen LogP contribution >= 0.6 is 11.6 Å². The van der Waals surface area contributed by atoms with E-state index >= 15 is 0 Å². The lowest BCUT2D eigenvalue weighted by molar-refractivity contribution is -0.139. The lowest BCUT2D eigenvalue weighted by Gasteiger charge is -2.33. The van der Waals surface area contributed by atoms with Crippen molar-refractivity contribution in [1.82, 2.24) is 10.2 Å². The van der Waals surface area contributed by atoms with Gasteiger partial charge in [-0.3, -0.25) is 13.9 Å². The van der Waals surface area contributed by atoms with Crippen molar-refractivity contribution in [3.8, 4) is 0 Å². The van der Waals surface area contributed by atoms with Crippen LogP contribution in [0.15, 0.2) is 78.9 Å². The Kier molecular flexibility index (Phi) is 9.06. The molecular formula is C26H27ClFN3O4S. The third-order valence-corrected chi connectivity index (χ3v) is 7.06. The number of halogens is 2. The number of hydrogen-bond donors (Lipinski definition) is 1. The average molecular weight is 532 g/mol. The predicted octanol–water partition coefficient (Wildman–Crippen LogP) is 3.63. The highest BCUT2D eigenvalue weighted by molar-refractivity contribution is 7.92. The molecule has 0 bridgehead atoms. The van der Waals surface area contributed by atoms with E-state index in [-0.39, 0.29) is 29.2 Å². The second-order valence-electron chi connectivity index (χ2n) is 8.15. The molecule has 0 heterocycles. The lowest BCUT2D eigenvalue weighted by Crippen LogP contribution is -2.53. The molecular weight excluding hydrogens is 505 g/mol. The van der Waals surface area contributed by atoms with Crippen LogP contribution in [-0.4, -0.2) is 51.0 Å². The zero-order valence-electron chi connectivity index (χ0n) is 19.9. The van der Waals surface area contributed by atoms with Gasteiger partial charge in [0.05, 0.1) is 17.0 Å². The number of carbonyl (C=O) groups is 2. The van der Waals surface area contributed by atoms with E-state index in [1.807, 2.05) is 30.3 Å². The maximum absolute atomic E-state index is 14.6.